The third-order valence-electron chi connectivity index (χ3n) is 0.246. The summed E-state index contributed by atoms with van der Waals surface area (Å²) in [4.78, 5) is 0. The monoisotopic (exact) mass is 71.0 g/mol. The van der Waals surface area contributed by atoms with Gasteiger partial charge in [0, 0.05) is 0 Å². The van der Waals surface area contributed by atoms with Crippen molar-refractivity contribution < 1.29 is 4.74 Å². The second-order valence-electron chi connectivity index (χ2n) is 0.846. The molecule has 0 fully saturated rings. The first-order valence-electron chi connectivity index (χ1n) is 1.35. The van der Waals surface area contributed by atoms with E-state index in [9.17, 15) is 0 Å². The summed E-state index contributed by atoms with van der Waals surface area (Å²) in [6.45, 7) is 5.13. The van der Waals surface area contributed by atoms with E-state index < -0.39 is 0 Å². The predicted molar refractivity (Wildman–Crippen MR) is 21.3 cm³/mol. The molecular formula is C4H7O. The predicted octanol–water partition coefficient (Wildman–Crippen LogP) is 1.33. The fraction of sp³-hybridized carbons (Fsp3) is 0.250. The Morgan fingerprint density at radius 1 is 1.80 bits per heavy atom. The van der Waals surface area contributed by atoms with Crippen LogP contribution < -0.4 is 0 Å². The van der Waals surface area contributed by atoms with Gasteiger partial charge < -0.3 is 4.74 Å². The molecule has 29 valence electrons. The highest BCUT2D eigenvalue weighted by atomic mass is 16.5. The van der Waals surface area contributed by atoms with Gasteiger partial charge in [-0.25, -0.2) is 0 Å². The van der Waals surface area contributed by atoms with E-state index in [-0.39, 0.29) is 0 Å². The first kappa shape index (κ1) is 4.54. The van der Waals surface area contributed by atoms with Crippen molar-refractivity contribution in [3.05, 3.63) is 19.4 Å². The van der Waals surface area contributed by atoms with Crippen LogP contribution in [0.4, 0.5) is 0 Å². The second kappa shape index (κ2) is 1.82. The summed E-state index contributed by atoms with van der Waals surface area (Å²) < 4.78 is 4.31. The van der Waals surface area contributed by atoms with Crippen LogP contribution in [0.5, 0.6) is 0 Å². The molecule has 0 aromatic carbocycles. The van der Waals surface area contributed by atoms with Crippen molar-refractivity contribution in [2.45, 2.75) is 6.92 Å². The smallest absolute Gasteiger partial charge is 0.122 e. The zero-order chi connectivity index (χ0) is 4.28. The normalized spacial score (nSPS) is 6.80. The van der Waals surface area contributed by atoms with Gasteiger partial charge in [0.25, 0.3) is 0 Å². The van der Waals surface area contributed by atoms with Gasteiger partial charge >= 0.3 is 0 Å². The van der Waals surface area contributed by atoms with Crippen LogP contribution in [-0.2, 0) is 4.74 Å². The molecule has 0 aromatic heterocycles. The lowest BCUT2D eigenvalue weighted by molar-refractivity contribution is 0.347. The quantitative estimate of drug-likeness (QED) is 0.424. The van der Waals surface area contributed by atoms with Gasteiger partial charge in [0.1, 0.15) is 7.11 Å². The summed E-state index contributed by atoms with van der Waals surface area (Å²) in [6.07, 6.45) is 0. The third kappa shape index (κ3) is 3.54. The summed E-state index contributed by atoms with van der Waals surface area (Å²) in [5.74, 6) is 0.644. The van der Waals surface area contributed by atoms with Crippen molar-refractivity contribution in [2.24, 2.45) is 0 Å². The molecule has 0 saturated carbocycles. The number of hydrogen-bond acceptors (Lipinski definition) is 1. The molecule has 0 aliphatic heterocycles. The Hall–Kier alpha value is -0.460. The van der Waals surface area contributed by atoms with Crippen molar-refractivity contribution in [1.82, 2.24) is 0 Å². The van der Waals surface area contributed by atoms with Crippen LogP contribution >= 0.6 is 0 Å². The zero-order valence-corrected chi connectivity index (χ0v) is 3.32. The Morgan fingerprint density at radius 2 is 2.00 bits per heavy atom. The maximum absolute atomic E-state index is 4.31. The molecule has 0 aromatic rings. The molecular weight excluding hydrogens is 64.0 g/mol. The molecule has 0 saturated heterocycles. The summed E-state index contributed by atoms with van der Waals surface area (Å²) in [5, 5.41) is 0. The van der Waals surface area contributed by atoms with E-state index in [2.05, 4.69) is 18.4 Å². The minimum absolute atomic E-state index is 0.644. The van der Waals surface area contributed by atoms with Crippen LogP contribution in [0.2, 0.25) is 0 Å². The number of rotatable bonds is 1. The van der Waals surface area contributed by atoms with Crippen molar-refractivity contribution in [2.75, 3.05) is 0 Å². The van der Waals surface area contributed by atoms with Crippen molar-refractivity contribution in [3.8, 4) is 0 Å². The van der Waals surface area contributed by atoms with Gasteiger partial charge in [0.05, 0.1) is 5.76 Å². The van der Waals surface area contributed by atoms with Gasteiger partial charge in [-0.3, -0.25) is 0 Å². The molecule has 0 bridgehead atoms. The maximum atomic E-state index is 4.31. The molecule has 0 heterocycles. The van der Waals surface area contributed by atoms with E-state index >= 15 is 0 Å². The van der Waals surface area contributed by atoms with Gasteiger partial charge in [-0.05, 0) is 6.92 Å². The van der Waals surface area contributed by atoms with Crippen molar-refractivity contribution in [3.63, 3.8) is 0 Å². The van der Waals surface area contributed by atoms with E-state index in [0.29, 0.717) is 5.76 Å². The van der Waals surface area contributed by atoms with E-state index in [1.165, 1.54) is 0 Å². The van der Waals surface area contributed by atoms with Gasteiger partial charge in [-0.2, -0.15) is 0 Å². The molecule has 0 spiro atoms. The molecule has 0 aliphatic rings. The van der Waals surface area contributed by atoms with Gasteiger partial charge in [0.2, 0.25) is 0 Å². The highest BCUT2D eigenvalue weighted by molar-refractivity contribution is 4.72. The average molecular weight is 71.1 g/mol. The SMILES string of the molecule is [CH2]OC(=C)C. The van der Waals surface area contributed by atoms with Crippen LogP contribution in [0.3, 0.4) is 0 Å². The van der Waals surface area contributed by atoms with Gasteiger partial charge in [0.15, 0.2) is 0 Å². The first-order valence-corrected chi connectivity index (χ1v) is 1.35. The first-order chi connectivity index (χ1) is 2.27. The maximum Gasteiger partial charge on any atom is 0.122 e. The molecule has 1 radical (unpaired) electrons. The summed E-state index contributed by atoms with van der Waals surface area (Å²) >= 11 is 0. The molecule has 0 rings (SSSR count). The fourth-order valence-corrected chi connectivity index (χ4v) is 0. The zero-order valence-electron chi connectivity index (χ0n) is 3.32. The van der Waals surface area contributed by atoms with Crippen LogP contribution in [0.1, 0.15) is 6.92 Å². The van der Waals surface area contributed by atoms with E-state index in [1.54, 1.807) is 6.92 Å². The second-order valence-corrected chi connectivity index (χ2v) is 0.846. The lowest BCUT2D eigenvalue weighted by Crippen LogP contribution is -1.66. The van der Waals surface area contributed by atoms with Crippen molar-refractivity contribution in [1.29, 1.82) is 0 Å². The minimum atomic E-state index is 0.644. The number of ether oxygens (including phenoxy) is 1. The van der Waals surface area contributed by atoms with E-state index in [0.717, 1.165) is 0 Å². The standard InChI is InChI=1S/C4H7O/c1-4(2)5-3/h1,3H2,2H3. The summed E-state index contributed by atoms with van der Waals surface area (Å²) in [5.41, 5.74) is 0. The molecule has 0 atom stereocenters. The average Bonchev–Trinajstić information content (AvgIpc) is 1.38. The Balaban J connectivity index is 2.85. The van der Waals surface area contributed by atoms with Crippen molar-refractivity contribution >= 4 is 0 Å². The highest BCUT2D eigenvalue weighted by Gasteiger charge is 1.65. The van der Waals surface area contributed by atoms with Crippen LogP contribution in [0.15, 0.2) is 12.3 Å². The Morgan fingerprint density at radius 3 is 2.00 bits per heavy atom. The number of allylic oxidation sites excluding steroid dienone is 1. The Labute approximate surface area is 32.3 Å². The topological polar surface area (TPSA) is 9.23 Å². The molecule has 1 nitrogen and oxygen atoms in total. The lowest BCUT2D eigenvalue weighted by atomic mass is 10.7. The Bertz CT molecular complexity index is 38.9. The molecule has 5 heavy (non-hydrogen) atoms. The largest absolute Gasteiger partial charge is 0.495 e. The highest BCUT2D eigenvalue weighted by Crippen LogP contribution is 1.82. The molecule has 0 unspecified atom stereocenters. The third-order valence-corrected chi connectivity index (χ3v) is 0.246. The summed E-state index contributed by atoms with van der Waals surface area (Å²) in [6, 6.07) is 0. The van der Waals surface area contributed by atoms with Gasteiger partial charge in [-0.1, -0.05) is 6.58 Å². The lowest BCUT2D eigenvalue weighted by Gasteiger charge is -1.87. The minimum Gasteiger partial charge on any atom is -0.495 e. The van der Waals surface area contributed by atoms with Gasteiger partial charge in [-0.15, -0.1) is 0 Å². The fourth-order valence-electron chi connectivity index (χ4n) is 0. The molecule has 0 amide bonds. The van der Waals surface area contributed by atoms with Crippen LogP contribution in [0, 0.1) is 7.11 Å². The van der Waals surface area contributed by atoms with E-state index in [4.69, 9.17) is 0 Å². The molecule has 0 aliphatic carbocycles. The molecule has 1 heteroatoms. The number of hydrogen-bond donors (Lipinski definition) is 0. The molecule has 0 N–H and O–H groups in total. The Kier molecular flexibility index (Phi) is 1.65. The van der Waals surface area contributed by atoms with Crippen LogP contribution in [-0.4, -0.2) is 0 Å². The summed E-state index contributed by atoms with van der Waals surface area (Å²) in [7, 11) is 3.09. The van der Waals surface area contributed by atoms with Crippen LogP contribution in [0.25, 0.3) is 0 Å². The van der Waals surface area contributed by atoms with E-state index in [1.807, 2.05) is 0 Å².